The van der Waals surface area contributed by atoms with Gasteiger partial charge >= 0.3 is 6.18 Å². The summed E-state index contributed by atoms with van der Waals surface area (Å²) >= 11 is 0. The molecular formula is C16H14F3N7O2. The van der Waals surface area contributed by atoms with Crippen molar-refractivity contribution in [3.05, 3.63) is 34.1 Å². The van der Waals surface area contributed by atoms with E-state index in [0.717, 1.165) is 0 Å². The molecule has 0 spiro atoms. The molecule has 3 aromatic rings. The van der Waals surface area contributed by atoms with Gasteiger partial charge in [0.1, 0.15) is 17.8 Å². The third-order valence-electron chi connectivity index (χ3n) is 4.47. The van der Waals surface area contributed by atoms with Crippen LogP contribution in [0, 0.1) is 0 Å². The van der Waals surface area contributed by atoms with Gasteiger partial charge in [-0.3, -0.25) is 9.59 Å². The number of aromatic amines is 1. The van der Waals surface area contributed by atoms with Crippen LogP contribution in [-0.2, 0) is 11.2 Å². The number of halogens is 3. The third kappa shape index (κ3) is 3.21. The number of aromatic nitrogens is 6. The average molecular weight is 393 g/mol. The summed E-state index contributed by atoms with van der Waals surface area (Å²) < 4.78 is 38.7. The molecule has 2 N–H and O–H groups in total. The topological polar surface area (TPSA) is 118 Å². The molecule has 1 amide bonds. The maximum atomic E-state index is 12.5. The van der Waals surface area contributed by atoms with E-state index in [9.17, 15) is 22.8 Å². The lowest BCUT2D eigenvalue weighted by Crippen LogP contribution is -2.16. The summed E-state index contributed by atoms with van der Waals surface area (Å²) in [6.45, 7) is 1.59. The molecule has 9 nitrogen and oxygen atoms in total. The Morgan fingerprint density at radius 3 is 2.79 bits per heavy atom. The van der Waals surface area contributed by atoms with E-state index in [0.29, 0.717) is 11.3 Å². The molecule has 0 unspecified atom stereocenters. The minimum atomic E-state index is -4.26. The SMILES string of the molecule is C[C@H]1C(=O)Nc2nc(-c3cn4ncnc4c(CCCC(F)(F)F)n3)[nH]c(=O)c21. The lowest BCUT2D eigenvalue weighted by Gasteiger charge is -2.09. The highest BCUT2D eigenvalue weighted by atomic mass is 19.4. The van der Waals surface area contributed by atoms with E-state index in [1.54, 1.807) is 6.92 Å². The second kappa shape index (κ2) is 6.39. The molecule has 0 aliphatic carbocycles. The Bertz CT molecular complexity index is 1140. The van der Waals surface area contributed by atoms with Crippen LogP contribution in [0.15, 0.2) is 17.3 Å². The quantitative estimate of drug-likeness (QED) is 0.698. The Morgan fingerprint density at radius 2 is 2.04 bits per heavy atom. The lowest BCUT2D eigenvalue weighted by molar-refractivity contribution is -0.135. The van der Waals surface area contributed by atoms with E-state index in [-0.39, 0.29) is 41.6 Å². The predicted octanol–water partition coefficient (Wildman–Crippen LogP) is 1.82. The van der Waals surface area contributed by atoms with Crippen molar-refractivity contribution in [3.63, 3.8) is 0 Å². The zero-order chi connectivity index (χ0) is 20.1. The number of nitrogens with zero attached hydrogens (tertiary/aromatic N) is 5. The van der Waals surface area contributed by atoms with Gasteiger partial charge in [0.2, 0.25) is 5.91 Å². The molecule has 0 saturated carbocycles. The van der Waals surface area contributed by atoms with Gasteiger partial charge in [0, 0.05) is 6.42 Å². The van der Waals surface area contributed by atoms with Gasteiger partial charge in [-0.25, -0.2) is 19.5 Å². The minimum absolute atomic E-state index is 0.0263. The van der Waals surface area contributed by atoms with Gasteiger partial charge in [-0.05, 0) is 19.8 Å². The van der Waals surface area contributed by atoms with Crippen LogP contribution in [0.4, 0.5) is 19.0 Å². The van der Waals surface area contributed by atoms with Crippen LogP contribution in [0.5, 0.6) is 0 Å². The number of amides is 1. The zero-order valence-corrected chi connectivity index (χ0v) is 14.5. The molecule has 0 aromatic carbocycles. The van der Waals surface area contributed by atoms with E-state index < -0.39 is 24.1 Å². The molecule has 146 valence electrons. The first-order valence-corrected chi connectivity index (χ1v) is 8.44. The first-order valence-electron chi connectivity index (χ1n) is 8.44. The maximum absolute atomic E-state index is 12.5. The highest BCUT2D eigenvalue weighted by molar-refractivity contribution is 6.01. The highest BCUT2D eigenvalue weighted by Crippen LogP contribution is 2.29. The van der Waals surface area contributed by atoms with Crippen LogP contribution in [0.1, 0.15) is 36.9 Å². The number of carbonyl (C=O) groups excluding carboxylic acids is 1. The van der Waals surface area contributed by atoms with Crippen LogP contribution in [0.25, 0.3) is 17.2 Å². The number of nitrogens with one attached hydrogen (secondary N) is 2. The van der Waals surface area contributed by atoms with Crippen LogP contribution in [-0.4, -0.2) is 41.6 Å². The normalized spacial score (nSPS) is 16.4. The maximum Gasteiger partial charge on any atom is 0.389 e. The van der Waals surface area contributed by atoms with Gasteiger partial charge in [-0.15, -0.1) is 0 Å². The molecule has 0 bridgehead atoms. The van der Waals surface area contributed by atoms with Crippen LogP contribution < -0.4 is 10.9 Å². The van der Waals surface area contributed by atoms with Gasteiger partial charge in [0.15, 0.2) is 11.5 Å². The number of hydrogen-bond acceptors (Lipinski definition) is 6. The lowest BCUT2D eigenvalue weighted by atomic mass is 10.1. The minimum Gasteiger partial charge on any atom is -0.310 e. The molecule has 4 heterocycles. The fourth-order valence-corrected chi connectivity index (χ4v) is 3.09. The molecule has 4 rings (SSSR count). The first kappa shape index (κ1) is 18.1. The van der Waals surface area contributed by atoms with Crippen LogP contribution in [0.3, 0.4) is 0 Å². The van der Waals surface area contributed by atoms with Gasteiger partial charge < -0.3 is 10.3 Å². The third-order valence-corrected chi connectivity index (χ3v) is 4.47. The Hall–Kier alpha value is -3.31. The smallest absolute Gasteiger partial charge is 0.310 e. The molecule has 0 saturated heterocycles. The largest absolute Gasteiger partial charge is 0.389 e. The number of anilines is 1. The standard InChI is InChI=1S/C16H14F3N7O2/c1-7-10-12(25-14(7)27)23-11(24-15(10)28)9-5-26-13(20-6-21-26)8(22-9)3-2-4-16(17,18)19/h5-7H,2-4H2,1H3,(H2,23,24,25,27,28)/t7-/m1/s1. The summed E-state index contributed by atoms with van der Waals surface area (Å²) in [6.07, 6.45) is -2.63. The molecule has 0 fully saturated rings. The van der Waals surface area contributed by atoms with E-state index in [1.807, 2.05) is 0 Å². The van der Waals surface area contributed by atoms with Gasteiger partial charge in [0.05, 0.1) is 23.4 Å². The van der Waals surface area contributed by atoms with E-state index in [2.05, 4.69) is 30.4 Å². The Kier molecular flexibility index (Phi) is 4.12. The van der Waals surface area contributed by atoms with Gasteiger partial charge in [-0.1, -0.05) is 0 Å². The van der Waals surface area contributed by atoms with Crippen LogP contribution >= 0.6 is 0 Å². The fourth-order valence-electron chi connectivity index (χ4n) is 3.09. The Labute approximate surface area is 155 Å². The molecule has 1 atom stereocenters. The molecule has 0 radical (unpaired) electrons. The van der Waals surface area contributed by atoms with Crippen molar-refractivity contribution in [2.24, 2.45) is 0 Å². The summed E-state index contributed by atoms with van der Waals surface area (Å²) in [5.74, 6) is -0.732. The second-order valence-corrected chi connectivity index (χ2v) is 6.46. The fraction of sp³-hybridized carbons (Fsp3) is 0.375. The first-order chi connectivity index (χ1) is 13.2. The van der Waals surface area contributed by atoms with Crippen molar-refractivity contribution in [3.8, 4) is 11.5 Å². The molecule has 1 aliphatic heterocycles. The molecular weight excluding hydrogens is 379 g/mol. The summed E-state index contributed by atoms with van der Waals surface area (Å²) in [4.78, 5) is 39.3. The molecule has 12 heteroatoms. The van der Waals surface area contributed by atoms with E-state index in [4.69, 9.17) is 0 Å². The van der Waals surface area contributed by atoms with Crippen molar-refractivity contribution < 1.29 is 18.0 Å². The Balaban J connectivity index is 1.74. The number of aryl methyl sites for hydroxylation is 1. The van der Waals surface area contributed by atoms with E-state index >= 15 is 0 Å². The summed E-state index contributed by atoms with van der Waals surface area (Å²) in [5, 5.41) is 6.53. The monoisotopic (exact) mass is 393 g/mol. The van der Waals surface area contributed by atoms with Crippen molar-refractivity contribution in [2.75, 3.05) is 5.32 Å². The Morgan fingerprint density at radius 1 is 1.25 bits per heavy atom. The van der Waals surface area contributed by atoms with Crippen molar-refractivity contribution in [1.29, 1.82) is 0 Å². The van der Waals surface area contributed by atoms with Gasteiger partial charge in [-0.2, -0.15) is 18.3 Å². The van der Waals surface area contributed by atoms with Crippen molar-refractivity contribution in [2.45, 2.75) is 38.3 Å². The van der Waals surface area contributed by atoms with Crippen LogP contribution in [0.2, 0.25) is 0 Å². The van der Waals surface area contributed by atoms with Gasteiger partial charge in [0.25, 0.3) is 5.56 Å². The second-order valence-electron chi connectivity index (χ2n) is 6.46. The number of alkyl halides is 3. The summed E-state index contributed by atoms with van der Waals surface area (Å²) in [7, 11) is 0. The van der Waals surface area contributed by atoms with Crippen molar-refractivity contribution >= 4 is 17.4 Å². The number of H-pyrrole nitrogens is 1. The number of rotatable bonds is 4. The van der Waals surface area contributed by atoms with Crippen molar-refractivity contribution in [1.82, 2.24) is 29.5 Å². The summed E-state index contributed by atoms with van der Waals surface area (Å²) in [5.41, 5.74) is 0.593. The molecule has 1 aliphatic rings. The molecule has 3 aromatic heterocycles. The predicted molar refractivity (Wildman–Crippen MR) is 90.7 cm³/mol. The van der Waals surface area contributed by atoms with E-state index in [1.165, 1.54) is 17.0 Å². The average Bonchev–Trinajstić information content (AvgIpc) is 3.18. The number of carbonyl (C=O) groups is 1. The number of hydrogen-bond donors (Lipinski definition) is 2. The zero-order valence-electron chi connectivity index (χ0n) is 14.5. The number of fused-ring (bicyclic) bond motifs is 2. The highest BCUT2D eigenvalue weighted by Gasteiger charge is 2.32. The molecule has 28 heavy (non-hydrogen) atoms. The summed E-state index contributed by atoms with van der Waals surface area (Å²) in [6, 6.07) is 0.